The minimum Gasteiger partial charge on any atom is -0.393 e. The van der Waals surface area contributed by atoms with Gasteiger partial charge >= 0.3 is 0 Å². The Morgan fingerprint density at radius 2 is 2.05 bits per heavy atom. The van der Waals surface area contributed by atoms with Gasteiger partial charge in [-0.15, -0.1) is 0 Å². The lowest BCUT2D eigenvalue weighted by atomic mass is 10.1. The minimum atomic E-state index is -0.334. The Morgan fingerprint density at radius 3 is 2.75 bits per heavy atom. The largest absolute Gasteiger partial charge is 0.393 e. The second-order valence-corrected chi connectivity index (χ2v) is 4.92. The number of aliphatic hydroxyl groups is 1. The molecule has 0 aliphatic carbocycles. The third-order valence-corrected chi connectivity index (χ3v) is 3.08. The van der Waals surface area contributed by atoms with Crippen LogP contribution in [0.15, 0.2) is 42.5 Å². The summed E-state index contributed by atoms with van der Waals surface area (Å²) in [6.07, 6.45) is 7.26. The van der Waals surface area contributed by atoms with Gasteiger partial charge in [0.25, 0.3) is 0 Å². The summed E-state index contributed by atoms with van der Waals surface area (Å²) in [7, 11) is 0. The van der Waals surface area contributed by atoms with Crippen molar-refractivity contribution in [3.63, 3.8) is 0 Å². The highest BCUT2D eigenvalue weighted by atomic mass is 16.3. The van der Waals surface area contributed by atoms with Crippen molar-refractivity contribution < 1.29 is 9.90 Å². The highest BCUT2D eigenvalue weighted by molar-refractivity contribution is 5.75. The second-order valence-electron chi connectivity index (χ2n) is 4.92. The summed E-state index contributed by atoms with van der Waals surface area (Å²) in [6.45, 7) is 2.64. The van der Waals surface area contributed by atoms with Gasteiger partial charge in [-0.1, -0.05) is 49.4 Å². The Bertz CT molecular complexity index is 401. The van der Waals surface area contributed by atoms with Gasteiger partial charge in [-0.05, 0) is 31.2 Å². The van der Waals surface area contributed by atoms with Gasteiger partial charge < -0.3 is 10.4 Å². The van der Waals surface area contributed by atoms with E-state index in [2.05, 4.69) is 18.3 Å². The number of amides is 1. The third kappa shape index (κ3) is 7.74. The quantitative estimate of drug-likeness (QED) is 0.680. The van der Waals surface area contributed by atoms with Crippen molar-refractivity contribution in [2.45, 2.75) is 51.7 Å². The zero-order chi connectivity index (χ0) is 14.6. The smallest absolute Gasteiger partial charge is 0.220 e. The van der Waals surface area contributed by atoms with Crippen molar-refractivity contribution in [1.29, 1.82) is 0 Å². The van der Waals surface area contributed by atoms with Crippen LogP contribution in [0.2, 0.25) is 0 Å². The third-order valence-electron chi connectivity index (χ3n) is 3.08. The Labute approximate surface area is 121 Å². The molecular weight excluding hydrogens is 250 g/mol. The van der Waals surface area contributed by atoms with Gasteiger partial charge in [-0.25, -0.2) is 0 Å². The fourth-order valence-corrected chi connectivity index (χ4v) is 1.92. The molecule has 0 saturated heterocycles. The topological polar surface area (TPSA) is 49.3 Å². The Balaban J connectivity index is 2.09. The average molecular weight is 275 g/mol. The number of rotatable bonds is 9. The molecule has 20 heavy (non-hydrogen) atoms. The van der Waals surface area contributed by atoms with Crippen LogP contribution in [-0.4, -0.2) is 17.1 Å². The van der Waals surface area contributed by atoms with E-state index >= 15 is 0 Å². The van der Waals surface area contributed by atoms with E-state index in [9.17, 15) is 9.90 Å². The fraction of sp³-hybridized carbons (Fsp3) is 0.471. The maximum absolute atomic E-state index is 11.7. The molecule has 0 aromatic heterocycles. The Kier molecular flexibility index (Phi) is 8.40. The van der Waals surface area contributed by atoms with E-state index in [-0.39, 0.29) is 12.0 Å². The van der Waals surface area contributed by atoms with Crippen molar-refractivity contribution in [2.75, 3.05) is 0 Å². The van der Waals surface area contributed by atoms with E-state index in [4.69, 9.17) is 0 Å². The first-order valence-corrected chi connectivity index (χ1v) is 7.36. The fourth-order valence-electron chi connectivity index (χ4n) is 1.92. The van der Waals surface area contributed by atoms with Gasteiger partial charge in [0, 0.05) is 13.0 Å². The molecule has 1 atom stereocenters. The molecule has 3 nitrogen and oxygen atoms in total. The molecule has 0 saturated carbocycles. The van der Waals surface area contributed by atoms with Gasteiger partial charge in [-0.3, -0.25) is 4.79 Å². The first kappa shape index (κ1) is 16.4. The van der Waals surface area contributed by atoms with E-state index in [1.165, 1.54) is 0 Å². The van der Waals surface area contributed by atoms with Gasteiger partial charge in [0.1, 0.15) is 0 Å². The van der Waals surface area contributed by atoms with Crippen LogP contribution in [0.1, 0.15) is 44.6 Å². The maximum Gasteiger partial charge on any atom is 0.220 e. The highest BCUT2D eigenvalue weighted by Gasteiger charge is 2.05. The summed E-state index contributed by atoms with van der Waals surface area (Å²) in [4.78, 5) is 11.7. The number of aliphatic hydroxyl groups excluding tert-OH is 1. The van der Waals surface area contributed by atoms with E-state index in [0.29, 0.717) is 25.8 Å². The van der Waals surface area contributed by atoms with Crippen molar-refractivity contribution in [1.82, 2.24) is 5.32 Å². The summed E-state index contributed by atoms with van der Waals surface area (Å²) in [6, 6.07) is 9.86. The molecule has 1 rings (SSSR count). The lowest BCUT2D eigenvalue weighted by Crippen LogP contribution is -2.22. The number of nitrogens with one attached hydrogen (secondary N) is 1. The zero-order valence-corrected chi connectivity index (χ0v) is 12.2. The first-order chi connectivity index (χ1) is 9.72. The van der Waals surface area contributed by atoms with Crippen LogP contribution in [0.4, 0.5) is 0 Å². The average Bonchev–Trinajstić information content (AvgIpc) is 2.46. The molecule has 0 heterocycles. The van der Waals surface area contributed by atoms with Crippen molar-refractivity contribution in [2.24, 2.45) is 0 Å². The molecule has 1 unspecified atom stereocenters. The zero-order valence-electron chi connectivity index (χ0n) is 12.2. The normalized spacial score (nSPS) is 12.5. The maximum atomic E-state index is 11.7. The lowest BCUT2D eigenvalue weighted by molar-refractivity contribution is -0.121. The molecule has 1 aromatic carbocycles. The van der Waals surface area contributed by atoms with Gasteiger partial charge in [-0.2, -0.15) is 0 Å². The van der Waals surface area contributed by atoms with Crippen LogP contribution < -0.4 is 5.32 Å². The number of benzene rings is 1. The molecule has 2 N–H and O–H groups in total. The van der Waals surface area contributed by atoms with Crippen molar-refractivity contribution in [3.8, 4) is 0 Å². The Hall–Kier alpha value is -1.61. The summed E-state index contributed by atoms with van der Waals surface area (Å²) >= 11 is 0. The van der Waals surface area contributed by atoms with Gasteiger partial charge in [0.15, 0.2) is 0 Å². The Morgan fingerprint density at radius 1 is 1.30 bits per heavy atom. The SMILES string of the molecule is CCC=CCC(O)CCCC(=O)NCc1ccccc1. The summed E-state index contributed by atoms with van der Waals surface area (Å²) in [5.74, 6) is 0.0464. The van der Waals surface area contributed by atoms with Crippen molar-refractivity contribution >= 4 is 5.91 Å². The van der Waals surface area contributed by atoms with E-state index < -0.39 is 0 Å². The van der Waals surface area contributed by atoms with E-state index in [1.54, 1.807) is 0 Å². The molecule has 1 amide bonds. The molecule has 0 fully saturated rings. The number of hydrogen-bond acceptors (Lipinski definition) is 2. The minimum absolute atomic E-state index is 0.0464. The molecule has 0 radical (unpaired) electrons. The lowest BCUT2D eigenvalue weighted by Gasteiger charge is -2.08. The van der Waals surface area contributed by atoms with E-state index in [1.807, 2.05) is 36.4 Å². The van der Waals surface area contributed by atoms with Crippen LogP contribution in [0.25, 0.3) is 0 Å². The second kappa shape index (κ2) is 10.2. The van der Waals surface area contributed by atoms with Crippen LogP contribution in [0.5, 0.6) is 0 Å². The molecule has 1 aromatic rings. The molecule has 0 bridgehead atoms. The van der Waals surface area contributed by atoms with Crippen LogP contribution in [-0.2, 0) is 11.3 Å². The predicted molar refractivity (Wildman–Crippen MR) is 82.2 cm³/mol. The number of carbonyl (C=O) groups excluding carboxylic acids is 1. The summed E-state index contributed by atoms with van der Waals surface area (Å²) in [5.41, 5.74) is 1.10. The predicted octanol–water partition coefficient (Wildman–Crippen LogP) is 3.19. The summed E-state index contributed by atoms with van der Waals surface area (Å²) < 4.78 is 0. The number of allylic oxidation sites excluding steroid dienone is 1. The van der Waals surface area contributed by atoms with Crippen LogP contribution >= 0.6 is 0 Å². The van der Waals surface area contributed by atoms with Crippen LogP contribution in [0.3, 0.4) is 0 Å². The number of carbonyl (C=O) groups is 1. The molecule has 0 aliphatic heterocycles. The monoisotopic (exact) mass is 275 g/mol. The molecule has 0 spiro atoms. The van der Waals surface area contributed by atoms with E-state index in [0.717, 1.165) is 18.4 Å². The van der Waals surface area contributed by atoms with Crippen LogP contribution in [0, 0.1) is 0 Å². The molecule has 110 valence electrons. The molecule has 3 heteroatoms. The van der Waals surface area contributed by atoms with Gasteiger partial charge in [0.05, 0.1) is 6.10 Å². The highest BCUT2D eigenvalue weighted by Crippen LogP contribution is 2.06. The number of hydrogen-bond donors (Lipinski definition) is 2. The standard InChI is InChI=1S/C17H25NO2/c1-2-3-5-11-16(19)12-8-13-17(20)18-14-15-9-6-4-7-10-15/h3-7,9-10,16,19H,2,8,11-14H2,1H3,(H,18,20). The first-order valence-electron chi connectivity index (χ1n) is 7.36. The van der Waals surface area contributed by atoms with Crippen molar-refractivity contribution in [3.05, 3.63) is 48.0 Å². The van der Waals surface area contributed by atoms with Gasteiger partial charge in [0.2, 0.25) is 5.91 Å². The molecular formula is C17H25NO2. The molecule has 0 aliphatic rings. The summed E-state index contributed by atoms with van der Waals surface area (Å²) in [5, 5.41) is 12.6.